The lowest BCUT2D eigenvalue weighted by Gasteiger charge is -2.13. The van der Waals surface area contributed by atoms with Crippen molar-refractivity contribution in [3.63, 3.8) is 0 Å². The first-order valence-electron chi connectivity index (χ1n) is 5.38. The van der Waals surface area contributed by atoms with E-state index in [4.69, 9.17) is 21.3 Å². The first kappa shape index (κ1) is 14.8. The molecule has 1 N–H and O–H groups in total. The van der Waals surface area contributed by atoms with Crippen LogP contribution in [0.25, 0.3) is 0 Å². The van der Waals surface area contributed by atoms with E-state index in [0.29, 0.717) is 24.5 Å². The number of esters is 1. The summed E-state index contributed by atoms with van der Waals surface area (Å²) in [4.78, 5) is 13.8. The average Bonchev–Trinajstić information content (AvgIpc) is 2.41. The Bertz CT molecular complexity index is 369. The number of methoxy groups -OCH3 is 2. The van der Waals surface area contributed by atoms with Crippen LogP contribution >= 0.6 is 11.8 Å². The van der Waals surface area contributed by atoms with Crippen LogP contribution in [0.2, 0.25) is 0 Å². The van der Waals surface area contributed by atoms with Crippen LogP contribution in [-0.4, -0.2) is 33.4 Å². The first-order chi connectivity index (χ1) is 8.72. The van der Waals surface area contributed by atoms with Gasteiger partial charge in [-0.1, -0.05) is 12.1 Å². The summed E-state index contributed by atoms with van der Waals surface area (Å²) < 4.78 is 14.9. The van der Waals surface area contributed by atoms with Gasteiger partial charge in [-0.15, -0.1) is 0 Å². The topological polar surface area (TPSA) is 56.8 Å². The fourth-order valence-electron chi connectivity index (χ4n) is 1.36. The maximum atomic E-state index is 11.4. The Morgan fingerprint density at radius 1 is 1.28 bits per heavy atom. The molecule has 1 aromatic rings. The molecular weight excluding hydrogens is 258 g/mol. The molecule has 0 fully saturated rings. The van der Waals surface area contributed by atoms with Gasteiger partial charge in [0.15, 0.2) is 0 Å². The fourth-order valence-corrected chi connectivity index (χ4v) is 1.58. The van der Waals surface area contributed by atoms with E-state index in [0.717, 1.165) is 0 Å². The number of rotatable bonds is 7. The minimum Gasteiger partial charge on any atom is -0.491 e. The monoisotopic (exact) mass is 273 g/mol. The van der Waals surface area contributed by atoms with Crippen molar-refractivity contribution >= 4 is 17.7 Å². The Kier molecular flexibility index (Phi) is 6.49. The van der Waals surface area contributed by atoms with Gasteiger partial charge in [-0.2, -0.15) is 0 Å². The molecular formula is C12H16ClNO4. The fraction of sp³-hybridized carbons (Fsp3) is 0.417. The van der Waals surface area contributed by atoms with Crippen LogP contribution in [-0.2, 0) is 14.3 Å². The molecule has 0 radical (unpaired) electrons. The number of hydrogen-bond donors (Lipinski definition) is 1. The predicted octanol–water partition coefficient (Wildman–Crippen LogP) is 1.67. The summed E-state index contributed by atoms with van der Waals surface area (Å²) in [6, 6.07) is 6.33. The molecule has 1 atom stereocenters. The minimum absolute atomic E-state index is 0.446. The molecule has 0 spiro atoms. The SMILES string of the molecule is COCCOc1ccc(C(NCl)C(=O)OC)cc1. The maximum Gasteiger partial charge on any atom is 0.328 e. The summed E-state index contributed by atoms with van der Waals surface area (Å²) in [5, 5.41) is 0. The normalized spacial score (nSPS) is 11.9. The number of carbonyl (C=O) groups excluding carboxylic acids is 1. The molecule has 1 rings (SSSR count). The Hall–Kier alpha value is -1.30. The van der Waals surface area contributed by atoms with Gasteiger partial charge >= 0.3 is 5.97 Å². The summed E-state index contributed by atoms with van der Waals surface area (Å²) in [5.41, 5.74) is 0.705. The van der Waals surface area contributed by atoms with E-state index in [9.17, 15) is 4.79 Å². The van der Waals surface area contributed by atoms with E-state index < -0.39 is 12.0 Å². The summed E-state index contributed by atoms with van der Waals surface area (Å²) in [6.07, 6.45) is 0. The molecule has 5 nitrogen and oxygen atoms in total. The maximum absolute atomic E-state index is 11.4. The molecule has 0 bridgehead atoms. The van der Waals surface area contributed by atoms with Gasteiger partial charge < -0.3 is 14.2 Å². The van der Waals surface area contributed by atoms with E-state index in [1.807, 2.05) is 0 Å². The molecule has 0 aliphatic carbocycles. The van der Waals surface area contributed by atoms with Crippen molar-refractivity contribution in [2.24, 2.45) is 0 Å². The van der Waals surface area contributed by atoms with E-state index in [-0.39, 0.29) is 0 Å². The number of nitrogens with one attached hydrogen (secondary N) is 1. The zero-order valence-corrected chi connectivity index (χ0v) is 11.1. The Balaban J connectivity index is 2.65. The molecule has 6 heteroatoms. The van der Waals surface area contributed by atoms with Crippen LogP contribution < -0.4 is 9.57 Å². The molecule has 1 unspecified atom stereocenters. The van der Waals surface area contributed by atoms with Gasteiger partial charge in [-0.05, 0) is 29.5 Å². The van der Waals surface area contributed by atoms with Crippen molar-refractivity contribution in [3.05, 3.63) is 29.8 Å². The lowest BCUT2D eigenvalue weighted by Crippen LogP contribution is -2.23. The van der Waals surface area contributed by atoms with Crippen LogP contribution in [0, 0.1) is 0 Å². The summed E-state index contributed by atoms with van der Waals surface area (Å²) in [6.45, 7) is 1.000. The average molecular weight is 274 g/mol. The number of hydrogen-bond acceptors (Lipinski definition) is 5. The first-order valence-corrected chi connectivity index (χ1v) is 5.76. The highest BCUT2D eigenvalue weighted by molar-refractivity contribution is 6.14. The van der Waals surface area contributed by atoms with Gasteiger partial charge in [-0.25, -0.2) is 9.63 Å². The van der Waals surface area contributed by atoms with Crippen LogP contribution in [0.1, 0.15) is 11.6 Å². The van der Waals surface area contributed by atoms with Gasteiger partial charge in [0.1, 0.15) is 18.4 Å². The summed E-state index contributed by atoms with van der Waals surface area (Å²) in [7, 11) is 2.92. The zero-order chi connectivity index (χ0) is 13.4. The highest BCUT2D eigenvalue weighted by atomic mass is 35.5. The highest BCUT2D eigenvalue weighted by Crippen LogP contribution is 2.19. The van der Waals surface area contributed by atoms with Crippen molar-refractivity contribution in [2.75, 3.05) is 27.4 Å². The second-order valence-corrected chi connectivity index (χ2v) is 3.69. The number of halogens is 1. The molecule has 100 valence electrons. The van der Waals surface area contributed by atoms with E-state index >= 15 is 0 Å². The van der Waals surface area contributed by atoms with Gasteiger partial charge in [0.25, 0.3) is 0 Å². The lowest BCUT2D eigenvalue weighted by atomic mass is 10.1. The quantitative estimate of drug-likeness (QED) is 0.465. The molecule has 0 aromatic heterocycles. The Morgan fingerprint density at radius 3 is 2.44 bits per heavy atom. The molecule has 0 saturated heterocycles. The summed E-state index contributed by atoms with van der Waals surface area (Å²) in [5.74, 6) is 0.257. The van der Waals surface area contributed by atoms with Crippen molar-refractivity contribution < 1.29 is 19.0 Å². The third kappa shape index (κ3) is 4.18. The van der Waals surface area contributed by atoms with Gasteiger partial charge in [-0.3, -0.25) is 0 Å². The van der Waals surface area contributed by atoms with Crippen LogP contribution in [0.15, 0.2) is 24.3 Å². The summed E-state index contributed by atoms with van der Waals surface area (Å²) >= 11 is 5.52. The van der Waals surface area contributed by atoms with Crippen molar-refractivity contribution in [1.29, 1.82) is 0 Å². The standard InChI is InChI=1S/C12H16ClNO4/c1-16-7-8-18-10-5-3-9(4-6-10)11(14-13)12(15)17-2/h3-6,11,14H,7-8H2,1-2H3. The molecule has 0 aliphatic heterocycles. The number of ether oxygens (including phenoxy) is 3. The Labute approximate surface area is 111 Å². The second-order valence-electron chi connectivity index (χ2n) is 3.48. The highest BCUT2D eigenvalue weighted by Gasteiger charge is 2.19. The third-order valence-corrected chi connectivity index (χ3v) is 2.53. The molecule has 0 heterocycles. The Morgan fingerprint density at radius 2 is 1.94 bits per heavy atom. The molecule has 0 aliphatic rings. The molecule has 18 heavy (non-hydrogen) atoms. The lowest BCUT2D eigenvalue weighted by molar-refractivity contribution is -0.142. The van der Waals surface area contributed by atoms with Gasteiger partial charge in [0.05, 0.1) is 13.7 Å². The van der Waals surface area contributed by atoms with Crippen LogP contribution in [0.5, 0.6) is 5.75 Å². The second kappa shape index (κ2) is 7.92. The number of benzene rings is 1. The van der Waals surface area contributed by atoms with E-state index in [2.05, 4.69) is 9.57 Å². The van der Waals surface area contributed by atoms with Gasteiger partial charge in [0, 0.05) is 7.11 Å². The van der Waals surface area contributed by atoms with Crippen molar-refractivity contribution in [2.45, 2.75) is 6.04 Å². The molecule has 0 saturated carbocycles. The van der Waals surface area contributed by atoms with Crippen molar-refractivity contribution in [3.8, 4) is 5.75 Å². The van der Waals surface area contributed by atoms with Crippen LogP contribution in [0.4, 0.5) is 0 Å². The van der Waals surface area contributed by atoms with Gasteiger partial charge in [0.2, 0.25) is 0 Å². The van der Waals surface area contributed by atoms with Crippen LogP contribution in [0.3, 0.4) is 0 Å². The predicted molar refractivity (Wildman–Crippen MR) is 67.6 cm³/mol. The van der Waals surface area contributed by atoms with E-state index in [1.165, 1.54) is 7.11 Å². The smallest absolute Gasteiger partial charge is 0.328 e. The zero-order valence-electron chi connectivity index (χ0n) is 10.3. The van der Waals surface area contributed by atoms with Crippen molar-refractivity contribution in [1.82, 2.24) is 4.84 Å². The number of carbonyl (C=O) groups is 1. The largest absolute Gasteiger partial charge is 0.491 e. The van der Waals surface area contributed by atoms with E-state index in [1.54, 1.807) is 31.4 Å². The minimum atomic E-state index is -0.690. The molecule has 1 aromatic carbocycles. The third-order valence-electron chi connectivity index (χ3n) is 2.32. The molecule has 0 amide bonds.